The number of carbonyl (C=O) groups is 1. The SMILES string of the molecule is O=C(CCn1cnc2sc3c(c2c1=O)CCCC3)N(Cc1ccc(C(F)(F)F)cc1)C1CC1. The van der Waals surface area contributed by atoms with Gasteiger partial charge in [0.2, 0.25) is 5.91 Å². The molecule has 1 fully saturated rings. The van der Waals surface area contributed by atoms with E-state index < -0.39 is 11.7 Å². The lowest BCUT2D eigenvalue weighted by molar-refractivity contribution is -0.137. The van der Waals surface area contributed by atoms with Crippen molar-refractivity contribution < 1.29 is 18.0 Å². The summed E-state index contributed by atoms with van der Waals surface area (Å²) in [7, 11) is 0. The fraction of sp³-hybridized carbons (Fsp3) is 0.458. The molecule has 2 aromatic heterocycles. The maximum absolute atomic E-state index is 13.1. The first-order valence-corrected chi connectivity index (χ1v) is 12.1. The minimum absolute atomic E-state index is 0.0899. The van der Waals surface area contributed by atoms with Crippen LogP contribution in [0.4, 0.5) is 13.2 Å². The summed E-state index contributed by atoms with van der Waals surface area (Å²) in [5, 5.41) is 0.702. The Hall–Kier alpha value is -2.68. The van der Waals surface area contributed by atoms with E-state index in [1.165, 1.54) is 27.9 Å². The minimum atomic E-state index is -4.38. The Labute approximate surface area is 192 Å². The molecule has 5 rings (SSSR count). The molecular weight excluding hydrogens is 451 g/mol. The molecule has 1 aromatic carbocycles. The fourth-order valence-corrected chi connectivity index (χ4v) is 5.72. The van der Waals surface area contributed by atoms with Gasteiger partial charge in [-0.1, -0.05) is 12.1 Å². The number of aryl methyl sites for hydroxylation is 3. The zero-order valence-corrected chi connectivity index (χ0v) is 18.8. The van der Waals surface area contributed by atoms with E-state index in [1.807, 2.05) is 0 Å². The molecule has 0 N–H and O–H groups in total. The first kappa shape index (κ1) is 22.1. The number of benzene rings is 1. The Morgan fingerprint density at radius 2 is 1.88 bits per heavy atom. The third kappa shape index (κ3) is 4.55. The Kier molecular flexibility index (Phi) is 5.76. The molecule has 0 radical (unpaired) electrons. The van der Waals surface area contributed by atoms with Crippen LogP contribution < -0.4 is 5.56 Å². The van der Waals surface area contributed by atoms with Gasteiger partial charge in [0, 0.05) is 30.4 Å². The van der Waals surface area contributed by atoms with Crippen LogP contribution in [-0.2, 0) is 36.9 Å². The maximum atomic E-state index is 13.1. The highest BCUT2D eigenvalue weighted by molar-refractivity contribution is 7.18. The number of alkyl halides is 3. The fourth-order valence-electron chi connectivity index (χ4n) is 4.50. The largest absolute Gasteiger partial charge is 0.416 e. The Bertz CT molecular complexity index is 1240. The number of halogens is 3. The van der Waals surface area contributed by atoms with Gasteiger partial charge in [-0.05, 0) is 61.8 Å². The van der Waals surface area contributed by atoms with Crippen LogP contribution in [0.2, 0.25) is 0 Å². The van der Waals surface area contributed by atoms with E-state index in [2.05, 4.69) is 4.98 Å². The molecule has 33 heavy (non-hydrogen) atoms. The lowest BCUT2D eigenvalue weighted by Crippen LogP contribution is -2.34. The lowest BCUT2D eigenvalue weighted by Gasteiger charge is -2.23. The van der Waals surface area contributed by atoms with Gasteiger partial charge in [0.1, 0.15) is 4.83 Å². The van der Waals surface area contributed by atoms with Crippen LogP contribution in [0.3, 0.4) is 0 Å². The molecule has 1 saturated carbocycles. The van der Waals surface area contributed by atoms with Crippen LogP contribution in [0.5, 0.6) is 0 Å². The summed E-state index contributed by atoms with van der Waals surface area (Å²) in [6.45, 7) is 0.507. The molecule has 0 bridgehead atoms. The molecule has 0 unspecified atom stereocenters. The van der Waals surface area contributed by atoms with Crippen molar-refractivity contribution in [2.24, 2.45) is 0 Å². The summed E-state index contributed by atoms with van der Waals surface area (Å²) >= 11 is 1.60. The minimum Gasteiger partial charge on any atom is -0.335 e. The van der Waals surface area contributed by atoms with Crippen molar-refractivity contribution >= 4 is 27.5 Å². The van der Waals surface area contributed by atoms with Crippen LogP contribution in [-0.4, -0.2) is 26.4 Å². The number of rotatable bonds is 6. The molecule has 2 aliphatic carbocycles. The topological polar surface area (TPSA) is 55.2 Å². The summed E-state index contributed by atoms with van der Waals surface area (Å²) in [4.78, 5) is 34.3. The zero-order valence-electron chi connectivity index (χ0n) is 18.0. The van der Waals surface area contributed by atoms with Gasteiger partial charge >= 0.3 is 6.18 Å². The second kappa shape index (κ2) is 8.59. The van der Waals surface area contributed by atoms with Crippen molar-refractivity contribution in [3.05, 3.63) is 62.5 Å². The molecule has 0 aliphatic heterocycles. The molecule has 174 valence electrons. The number of amides is 1. The molecule has 5 nitrogen and oxygen atoms in total. The number of hydrogen-bond acceptors (Lipinski definition) is 4. The predicted octanol–water partition coefficient (Wildman–Crippen LogP) is 4.94. The molecule has 2 heterocycles. The molecular formula is C24H24F3N3O2S. The average molecular weight is 476 g/mol. The van der Waals surface area contributed by atoms with E-state index in [1.54, 1.807) is 16.2 Å². The Morgan fingerprint density at radius 3 is 2.58 bits per heavy atom. The summed E-state index contributed by atoms with van der Waals surface area (Å²) in [6.07, 6.45) is 3.18. The van der Waals surface area contributed by atoms with Crippen molar-refractivity contribution in [3.63, 3.8) is 0 Å². The van der Waals surface area contributed by atoms with Crippen LogP contribution in [0.25, 0.3) is 10.2 Å². The normalized spacial score (nSPS) is 16.1. The van der Waals surface area contributed by atoms with E-state index >= 15 is 0 Å². The molecule has 1 amide bonds. The molecule has 9 heteroatoms. The number of carbonyl (C=O) groups excluding carboxylic acids is 1. The quantitative estimate of drug-likeness (QED) is 0.508. The van der Waals surface area contributed by atoms with Gasteiger partial charge < -0.3 is 4.90 Å². The Balaban J connectivity index is 1.30. The molecule has 3 aromatic rings. The van der Waals surface area contributed by atoms with Gasteiger partial charge in [-0.3, -0.25) is 14.2 Å². The number of aromatic nitrogens is 2. The van der Waals surface area contributed by atoms with Crippen molar-refractivity contribution in [1.82, 2.24) is 14.5 Å². The van der Waals surface area contributed by atoms with E-state index in [0.29, 0.717) is 10.9 Å². The van der Waals surface area contributed by atoms with Crippen molar-refractivity contribution in [2.45, 2.75) is 70.3 Å². The third-order valence-corrected chi connectivity index (χ3v) is 7.65. The first-order valence-electron chi connectivity index (χ1n) is 11.3. The third-order valence-electron chi connectivity index (χ3n) is 6.45. The van der Waals surface area contributed by atoms with Crippen LogP contribution >= 0.6 is 11.3 Å². The van der Waals surface area contributed by atoms with E-state index in [0.717, 1.165) is 61.1 Å². The number of nitrogens with zero attached hydrogens (tertiary/aromatic N) is 3. The molecule has 0 spiro atoms. The van der Waals surface area contributed by atoms with Crippen LogP contribution in [0.1, 0.15) is 53.7 Å². The second-order valence-corrected chi connectivity index (χ2v) is 9.92. The van der Waals surface area contributed by atoms with Gasteiger partial charge in [0.15, 0.2) is 0 Å². The van der Waals surface area contributed by atoms with E-state index in [-0.39, 0.29) is 37.0 Å². The van der Waals surface area contributed by atoms with Crippen molar-refractivity contribution in [1.29, 1.82) is 0 Å². The van der Waals surface area contributed by atoms with Gasteiger partial charge in [0.25, 0.3) is 5.56 Å². The van der Waals surface area contributed by atoms with E-state index in [4.69, 9.17) is 0 Å². The second-order valence-electron chi connectivity index (χ2n) is 8.83. The highest BCUT2D eigenvalue weighted by atomic mass is 32.1. The first-order chi connectivity index (χ1) is 15.8. The number of hydrogen-bond donors (Lipinski definition) is 0. The molecule has 2 aliphatic rings. The summed E-state index contributed by atoms with van der Waals surface area (Å²) in [6, 6.07) is 5.06. The Morgan fingerprint density at radius 1 is 1.15 bits per heavy atom. The summed E-state index contributed by atoms with van der Waals surface area (Å²) in [5.74, 6) is -0.100. The molecule has 0 saturated heterocycles. The molecule has 0 atom stereocenters. The zero-order chi connectivity index (χ0) is 23.2. The average Bonchev–Trinajstić information content (AvgIpc) is 3.56. The van der Waals surface area contributed by atoms with Gasteiger partial charge in [-0.2, -0.15) is 13.2 Å². The van der Waals surface area contributed by atoms with Crippen molar-refractivity contribution in [2.75, 3.05) is 0 Å². The smallest absolute Gasteiger partial charge is 0.335 e. The highest BCUT2D eigenvalue weighted by Crippen LogP contribution is 2.34. The van der Waals surface area contributed by atoms with Crippen LogP contribution in [0, 0.1) is 0 Å². The highest BCUT2D eigenvalue weighted by Gasteiger charge is 2.33. The summed E-state index contributed by atoms with van der Waals surface area (Å²) < 4.78 is 40.0. The van der Waals surface area contributed by atoms with Crippen LogP contribution in [0.15, 0.2) is 35.4 Å². The summed E-state index contributed by atoms with van der Waals surface area (Å²) in [5.41, 5.74) is 0.996. The number of thiophene rings is 1. The maximum Gasteiger partial charge on any atom is 0.416 e. The van der Waals surface area contributed by atoms with Crippen molar-refractivity contribution in [3.8, 4) is 0 Å². The number of fused-ring (bicyclic) bond motifs is 3. The predicted molar refractivity (Wildman–Crippen MR) is 120 cm³/mol. The monoisotopic (exact) mass is 475 g/mol. The standard InChI is InChI=1S/C24H24F3N3O2S/c25-24(26,27)16-7-5-15(6-8-16)13-30(17-9-10-17)20(31)11-12-29-14-28-22-21(23(29)32)18-3-1-2-4-19(18)33-22/h5-8,14,17H,1-4,9-13H2. The van der Waals surface area contributed by atoms with Gasteiger partial charge in [-0.15, -0.1) is 11.3 Å². The van der Waals surface area contributed by atoms with Gasteiger partial charge in [-0.25, -0.2) is 4.98 Å². The van der Waals surface area contributed by atoms with E-state index in [9.17, 15) is 22.8 Å². The lowest BCUT2D eigenvalue weighted by atomic mass is 9.97. The van der Waals surface area contributed by atoms with Gasteiger partial charge in [0.05, 0.1) is 17.3 Å².